The van der Waals surface area contributed by atoms with E-state index < -0.39 is 0 Å². The minimum Gasteiger partial charge on any atom is -0.334 e. The van der Waals surface area contributed by atoms with E-state index in [2.05, 4.69) is 15.0 Å². The summed E-state index contributed by atoms with van der Waals surface area (Å²) in [5.74, 6) is 0.593. The SMILES string of the molecule is CC(=O)c1cnc(-c2cc(C)c3ccccc3n2)[nH]1. The molecule has 19 heavy (non-hydrogen) atoms. The molecule has 1 N–H and O–H groups in total. The van der Waals surface area contributed by atoms with Crippen LogP contribution >= 0.6 is 0 Å². The summed E-state index contributed by atoms with van der Waals surface area (Å²) in [5.41, 5.74) is 3.32. The maximum Gasteiger partial charge on any atom is 0.177 e. The number of carbonyl (C=O) groups is 1. The zero-order valence-corrected chi connectivity index (χ0v) is 10.8. The third-order valence-corrected chi connectivity index (χ3v) is 3.12. The summed E-state index contributed by atoms with van der Waals surface area (Å²) in [6.45, 7) is 3.55. The molecule has 0 aliphatic carbocycles. The van der Waals surface area contributed by atoms with Gasteiger partial charge in [-0.05, 0) is 24.6 Å². The minimum absolute atomic E-state index is 0.0312. The van der Waals surface area contributed by atoms with Crippen molar-refractivity contribution >= 4 is 16.7 Å². The average molecular weight is 251 g/mol. The van der Waals surface area contributed by atoms with Crippen molar-refractivity contribution < 1.29 is 4.79 Å². The number of ketones is 1. The van der Waals surface area contributed by atoms with Gasteiger partial charge < -0.3 is 4.98 Å². The number of imidazole rings is 1. The van der Waals surface area contributed by atoms with Gasteiger partial charge in [0, 0.05) is 12.3 Å². The first-order chi connectivity index (χ1) is 9.15. The number of aromatic amines is 1. The molecular weight excluding hydrogens is 238 g/mol. The van der Waals surface area contributed by atoms with Crippen LogP contribution in [0.2, 0.25) is 0 Å². The van der Waals surface area contributed by atoms with Crippen molar-refractivity contribution in [3.05, 3.63) is 47.8 Å². The molecule has 2 heterocycles. The lowest BCUT2D eigenvalue weighted by molar-refractivity contribution is 0.101. The molecule has 0 aliphatic rings. The Morgan fingerprint density at radius 1 is 1.26 bits per heavy atom. The van der Waals surface area contributed by atoms with E-state index in [0.717, 1.165) is 22.2 Å². The second-order valence-corrected chi connectivity index (χ2v) is 4.54. The van der Waals surface area contributed by atoms with Crippen molar-refractivity contribution in [3.63, 3.8) is 0 Å². The molecule has 0 spiro atoms. The molecule has 2 aromatic heterocycles. The summed E-state index contributed by atoms with van der Waals surface area (Å²) >= 11 is 0. The molecule has 0 aliphatic heterocycles. The highest BCUT2D eigenvalue weighted by Gasteiger charge is 2.09. The van der Waals surface area contributed by atoms with Gasteiger partial charge >= 0.3 is 0 Å². The molecule has 0 fully saturated rings. The van der Waals surface area contributed by atoms with Crippen molar-refractivity contribution in [2.75, 3.05) is 0 Å². The molecular formula is C15H13N3O. The van der Waals surface area contributed by atoms with Gasteiger partial charge in [-0.3, -0.25) is 4.79 Å². The molecule has 0 bridgehead atoms. The van der Waals surface area contributed by atoms with Crippen LogP contribution in [0.3, 0.4) is 0 Å². The van der Waals surface area contributed by atoms with E-state index in [4.69, 9.17) is 0 Å². The highest BCUT2D eigenvalue weighted by molar-refractivity contribution is 5.92. The van der Waals surface area contributed by atoms with Crippen molar-refractivity contribution in [3.8, 4) is 11.5 Å². The van der Waals surface area contributed by atoms with Crippen molar-refractivity contribution in [1.82, 2.24) is 15.0 Å². The summed E-state index contributed by atoms with van der Waals surface area (Å²) in [4.78, 5) is 23.1. The molecule has 4 nitrogen and oxygen atoms in total. The van der Waals surface area contributed by atoms with Crippen LogP contribution in [0.5, 0.6) is 0 Å². The Bertz CT molecular complexity index is 774. The summed E-state index contributed by atoms with van der Waals surface area (Å²) in [6.07, 6.45) is 1.55. The molecule has 0 unspecified atom stereocenters. The monoisotopic (exact) mass is 251 g/mol. The molecule has 1 aromatic carbocycles. The van der Waals surface area contributed by atoms with E-state index >= 15 is 0 Å². The average Bonchev–Trinajstić information content (AvgIpc) is 2.88. The number of hydrogen-bond acceptors (Lipinski definition) is 3. The molecule has 94 valence electrons. The first-order valence-corrected chi connectivity index (χ1v) is 6.08. The number of carbonyl (C=O) groups excluding carboxylic acids is 1. The lowest BCUT2D eigenvalue weighted by Crippen LogP contribution is -1.93. The number of fused-ring (bicyclic) bond motifs is 1. The Hall–Kier alpha value is -2.49. The number of nitrogens with zero attached hydrogens (tertiary/aromatic N) is 2. The number of para-hydroxylation sites is 1. The summed E-state index contributed by atoms with van der Waals surface area (Å²) in [6, 6.07) is 9.95. The summed E-state index contributed by atoms with van der Waals surface area (Å²) < 4.78 is 0. The first-order valence-electron chi connectivity index (χ1n) is 6.08. The number of nitrogens with one attached hydrogen (secondary N) is 1. The van der Waals surface area contributed by atoms with E-state index in [1.54, 1.807) is 6.20 Å². The van der Waals surface area contributed by atoms with Crippen LogP contribution in [-0.2, 0) is 0 Å². The number of pyridine rings is 1. The van der Waals surface area contributed by atoms with Crippen LogP contribution in [0.15, 0.2) is 36.5 Å². The second-order valence-electron chi connectivity index (χ2n) is 4.54. The van der Waals surface area contributed by atoms with E-state index in [-0.39, 0.29) is 5.78 Å². The molecule has 0 atom stereocenters. The molecule has 4 heteroatoms. The van der Waals surface area contributed by atoms with Crippen LogP contribution in [-0.4, -0.2) is 20.7 Å². The lowest BCUT2D eigenvalue weighted by atomic mass is 10.1. The Balaban J connectivity index is 2.16. The molecule has 3 rings (SSSR count). The smallest absolute Gasteiger partial charge is 0.177 e. The van der Waals surface area contributed by atoms with Crippen LogP contribution in [0.4, 0.5) is 0 Å². The standard InChI is InChI=1S/C15H13N3O/c1-9-7-13(15-16-8-14(18-15)10(2)19)17-12-6-4-3-5-11(9)12/h3-8H,1-2H3,(H,16,18). The topological polar surface area (TPSA) is 58.6 Å². The van der Waals surface area contributed by atoms with Crippen molar-refractivity contribution in [2.24, 2.45) is 0 Å². The fourth-order valence-corrected chi connectivity index (χ4v) is 2.10. The number of H-pyrrole nitrogens is 1. The van der Waals surface area contributed by atoms with Crippen molar-refractivity contribution in [2.45, 2.75) is 13.8 Å². The van der Waals surface area contributed by atoms with Gasteiger partial charge in [0.05, 0.1) is 11.7 Å². The van der Waals surface area contributed by atoms with Gasteiger partial charge in [0.15, 0.2) is 11.6 Å². The lowest BCUT2D eigenvalue weighted by Gasteiger charge is -2.04. The van der Waals surface area contributed by atoms with Crippen molar-refractivity contribution in [1.29, 1.82) is 0 Å². The Morgan fingerprint density at radius 3 is 2.79 bits per heavy atom. The largest absolute Gasteiger partial charge is 0.334 e. The maximum absolute atomic E-state index is 11.3. The zero-order chi connectivity index (χ0) is 13.4. The summed E-state index contributed by atoms with van der Waals surface area (Å²) in [7, 11) is 0. The van der Waals surface area contributed by atoms with Gasteiger partial charge in [-0.15, -0.1) is 0 Å². The third kappa shape index (κ3) is 2.01. The third-order valence-electron chi connectivity index (χ3n) is 3.12. The molecule has 3 aromatic rings. The van der Waals surface area contributed by atoms with Gasteiger partial charge in [-0.1, -0.05) is 18.2 Å². The molecule has 0 amide bonds. The second kappa shape index (κ2) is 4.31. The quantitative estimate of drug-likeness (QED) is 0.712. The van der Waals surface area contributed by atoms with E-state index in [9.17, 15) is 4.79 Å². The Morgan fingerprint density at radius 2 is 2.05 bits per heavy atom. The predicted molar refractivity (Wildman–Crippen MR) is 74.1 cm³/mol. The fraction of sp³-hybridized carbons (Fsp3) is 0.133. The number of hydrogen-bond donors (Lipinski definition) is 1. The number of rotatable bonds is 2. The number of Topliss-reactive ketones (excluding diaryl/α,β-unsaturated/α-hetero) is 1. The number of aryl methyl sites for hydroxylation is 1. The van der Waals surface area contributed by atoms with E-state index in [1.807, 2.05) is 37.3 Å². The highest BCUT2D eigenvalue weighted by Crippen LogP contribution is 2.22. The Kier molecular flexibility index (Phi) is 2.63. The minimum atomic E-state index is -0.0312. The first kappa shape index (κ1) is 11.6. The number of benzene rings is 1. The highest BCUT2D eigenvalue weighted by atomic mass is 16.1. The predicted octanol–water partition coefficient (Wildman–Crippen LogP) is 3.14. The van der Waals surface area contributed by atoms with E-state index in [0.29, 0.717) is 11.5 Å². The van der Waals surface area contributed by atoms with Gasteiger partial charge in [0.25, 0.3) is 0 Å². The normalized spacial score (nSPS) is 10.8. The van der Waals surface area contributed by atoms with Crippen LogP contribution in [0.25, 0.3) is 22.4 Å². The number of aromatic nitrogens is 3. The maximum atomic E-state index is 11.3. The zero-order valence-electron chi connectivity index (χ0n) is 10.8. The molecule has 0 radical (unpaired) electrons. The van der Waals surface area contributed by atoms with Gasteiger partial charge in [-0.25, -0.2) is 9.97 Å². The van der Waals surface area contributed by atoms with Crippen LogP contribution < -0.4 is 0 Å². The Labute approximate surface area is 110 Å². The van der Waals surface area contributed by atoms with Crippen LogP contribution in [0, 0.1) is 6.92 Å². The summed E-state index contributed by atoms with van der Waals surface area (Å²) in [5, 5.41) is 1.13. The molecule has 0 saturated carbocycles. The van der Waals surface area contributed by atoms with Crippen LogP contribution in [0.1, 0.15) is 23.0 Å². The fourth-order valence-electron chi connectivity index (χ4n) is 2.10. The van der Waals surface area contributed by atoms with E-state index in [1.165, 1.54) is 6.92 Å². The molecule has 0 saturated heterocycles. The van der Waals surface area contributed by atoms with Gasteiger partial charge in [0.1, 0.15) is 11.4 Å². The van der Waals surface area contributed by atoms with Gasteiger partial charge in [0.2, 0.25) is 0 Å². The van der Waals surface area contributed by atoms with Gasteiger partial charge in [-0.2, -0.15) is 0 Å².